The summed E-state index contributed by atoms with van der Waals surface area (Å²) in [6.45, 7) is 2.60. The number of rotatable bonds is 3. The third-order valence-corrected chi connectivity index (χ3v) is 3.81. The standard InChI is InChI=1S/C14H18ClFO2/c1-2-11-9-14(17,5-6-18-11)8-10-3-4-12(15)13(16)7-10/h3-4,7,11,17H,2,5-6,8-9H2,1H3. The van der Waals surface area contributed by atoms with E-state index in [9.17, 15) is 9.50 Å². The van der Waals surface area contributed by atoms with Crippen LogP contribution in [-0.4, -0.2) is 23.4 Å². The van der Waals surface area contributed by atoms with Gasteiger partial charge in [0.1, 0.15) is 5.82 Å². The first-order valence-electron chi connectivity index (χ1n) is 6.30. The van der Waals surface area contributed by atoms with Gasteiger partial charge in [0, 0.05) is 19.4 Å². The van der Waals surface area contributed by atoms with E-state index in [0.717, 1.165) is 12.0 Å². The zero-order chi connectivity index (χ0) is 13.2. The van der Waals surface area contributed by atoms with Crippen LogP contribution >= 0.6 is 11.6 Å². The highest BCUT2D eigenvalue weighted by Gasteiger charge is 2.34. The molecule has 2 atom stereocenters. The first-order valence-corrected chi connectivity index (χ1v) is 6.68. The molecule has 4 heteroatoms. The van der Waals surface area contributed by atoms with E-state index in [2.05, 4.69) is 0 Å². The van der Waals surface area contributed by atoms with Gasteiger partial charge in [-0.2, -0.15) is 0 Å². The Kier molecular flexibility index (Phi) is 4.25. The first-order chi connectivity index (χ1) is 8.52. The Morgan fingerprint density at radius 2 is 2.33 bits per heavy atom. The molecule has 1 aliphatic heterocycles. The third kappa shape index (κ3) is 3.22. The van der Waals surface area contributed by atoms with Crippen LogP contribution in [0.3, 0.4) is 0 Å². The Labute approximate surface area is 112 Å². The van der Waals surface area contributed by atoms with Crippen molar-refractivity contribution in [3.63, 3.8) is 0 Å². The van der Waals surface area contributed by atoms with Crippen LogP contribution < -0.4 is 0 Å². The van der Waals surface area contributed by atoms with Crippen LogP contribution in [0.2, 0.25) is 5.02 Å². The molecule has 2 unspecified atom stereocenters. The maximum atomic E-state index is 13.4. The molecule has 1 saturated heterocycles. The summed E-state index contributed by atoms with van der Waals surface area (Å²) < 4.78 is 18.9. The van der Waals surface area contributed by atoms with Crippen molar-refractivity contribution in [3.8, 4) is 0 Å². The summed E-state index contributed by atoms with van der Waals surface area (Å²) in [6, 6.07) is 4.70. The van der Waals surface area contributed by atoms with Crippen molar-refractivity contribution in [2.45, 2.75) is 44.3 Å². The van der Waals surface area contributed by atoms with Gasteiger partial charge in [0.15, 0.2) is 0 Å². The highest BCUT2D eigenvalue weighted by molar-refractivity contribution is 6.30. The SMILES string of the molecule is CCC1CC(O)(Cc2ccc(Cl)c(F)c2)CCO1. The van der Waals surface area contributed by atoms with Crippen molar-refractivity contribution in [1.82, 2.24) is 0 Å². The number of hydrogen-bond acceptors (Lipinski definition) is 2. The summed E-state index contributed by atoms with van der Waals surface area (Å²) in [4.78, 5) is 0. The van der Waals surface area contributed by atoms with Gasteiger partial charge in [-0.25, -0.2) is 4.39 Å². The number of halogens is 2. The van der Waals surface area contributed by atoms with E-state index in [-0.39, 0.29) is 11.1 Å². The fourth-order valence-electron chi connectivity index (χ4n) is 2.45. The molecule has 0 bridgehead atoms. The van der Waals surface area contributed by atoms with E-state index in [4.69, 9.17) is 16.3 Å². The number of benzene rings is 1. The minimum Gasteiger partial charge on any atom is -0.389 e. The lowest BCUT2D eigenvalue weighted by Gasteiger charge is -2.36. The highest BCUT2D eigenvalue weighted by atomic mass is 35.5. The molecule has 2 nitrogen and oxygen atoms in total. The average Bonchev–Trinajstić information content (AvgIpc) is 2.33. The van der Waals surface area contributed by atoms with Crippen LogP contribution in [0, 0.1) is 5.82 Å². The lowest BCUT2D eigenvalue weighted by Crippen LogP contribution is -2.42. The minimum atomic E-state index is -0.792. The zero-order valence-corrected chi connectivity index (χ0v) is 11.2. The van der Waals surface area contributed by atoms with E-state index in [1.54, 1.807) is 6.07 Å². The molecule has 1 N–H and O–H groups in total. The molecule has 1 fully saturated rings. The maximum Gasteiger partial charge on any atom is 0.142 e. The van der Waals surface area contributed by atoms with Crippen molar-refractivity contribution in [1.29, 1.82) is 0 Å². The highest BCUT2D eigenvalue weighted by Crippen LogP contribution is 2.30. The lowest BCUT2D eigenvalue weighted by molar-refractivity contribution is -0.103. The van der Waals surface area contributed by atoms with Crippen molar-refractivity contribution in [2.24, 2.45) is 0 Å². The minimum absolute atomic E-state index is 0.0981. The molecular weight excluding hydrogens is 255 g/mol. The molecule has 0 amide bonds. The fourth-order valence-corrected chi connectivity index (χ4v) is 2.57. The summed E-state index contributed by atoms with van der Waals surface area (Å²) in [6.07, 6.45) is 2.63. The van der Waals surface area contributed by atoms with Crippen molar-refractivity contribution in [2.75, 3.05) is 6.61 Å². The smallest absolute Gasteiger partial charge is 0.142 e. The molecule has 0 radical (unpaired) electrons. The van der Waals surface area contributed by atoms with Gasteiger partial charge in [-0.05, 0) is 30.5 Å². The van der Waals surface area contributed by atoms with Gasteiger partial charge < -0.3 is 9.84 Å². The fraction of sp³-hybridized carbons (Fsp3) is 0.571. The van der Waals surface area contributed by atoms with Gasteiger partial charge in [-0.1, -0.05) is 24.6 Å². The average molecular weight is 273 g/mol. The molecule has 0 saturated carbocycles. The van der Waals surface area contributed by atoms with E-state index in [1.165, 1.54) is 12.1 Å². The third-order valence-electron chi connectivity index (χ3n) is 3.50. The summed E-state index contributed by atoms with van der Waals surface area (Å²) in [5, 5.41) is 10.7. The van der Waals surface area contributed by atoms with Crippen LogP contribution in [0.25, 0.3) is 0 Å². The summed E-state index contributed by atoms with van der Waals surface area (Å²) >= 11 is 5.65. The van der Waals surface area contributed by atoms with Crippen LogP contribution in [0.4, 0.5) is 4.39 Å². The second-order valence-electron chi connectivity index (χ2n) is 5.00. The van der Waals surface area contributed by atoms with Crippen molar-refractivity contribution >= 4 is 11.6 Å². The number of hydrogen-bond donors (Lipinski definition) is 1. The lowest BCUT2D eigenvalue weighted by atomic mass is 9.84. The van der Waals surface area contributed by atoms with Crippen LogP contribution in [0.15, 0.2) is 18.2 Å². The summed E-state index contributed by atoms with van der Waals surface area (Å²) in [5.41, 5.74) is -0.0182. The Morgan fingerprint density at radius 1 is 1.56 bits per heavy atom. The maximum absolute atomic E-state index is 13.4. The van der Waals surface area contributed by atoms with E-state index < -0.39 is 11.4 Å². The largest absolute Gasteiger partial charge is 0.389 e. The van der Waals surface area contributed by atoms with Crippen molar-refractivity contribution in [3.05, 3.63) is 34.6 Å². The first kappa shape index (κ1) is 13.8. The Bertz CT molecular complexity index is 424. The van der Waals surface area contributed by atoms with Gasteiger partial charge >= 0.3 is 0 Å². The van der Waals surface area contributed by atoms with E-state index in [1.807, 2.05) is 6.92 Å². The zero-order valence-electron chi connectivity index (χ0n) is 10.5. The second kappa shape index (κ2) is 5.55. The molecule has 1 aromatic carbocycles. The molecule has 1 aliphatic rings. The molecule has 1 heterocycles. The quantitative estimate of drug-likeness (QED) is 0.914. The molecule has 0 aliphatic carbocycles. The molecule has 0 spiro atoms. The molecular formula is C14H18ClFO2. The van der Waals surface area contributed by atoms with Gasteiger partial charge in [0.25, 0.3) is 0 Å². The number of aliphatic hydroxyl groups is 1. The van der Waals surface area contributed by atoms with Gasteiger partial charge in [-0.3, -0.25) is 0 Å². The Morgan fingerprint density at radius 3 is 3.00 bits per heavy atom. The topological polar surface area (TPSA) is 29.5 Å². The van der Waals surface area contributed by atoms with Crippen LogP contribution in [0.1, 0.15) is 31.7 Å². The predicted octanol–water partition coefficient (Wildman–Crippen LogP) is 3.34. The second-order valence-corrected chi connectivity index (χ2v) is 5.41. The van der Waals surface area contributed by atoms with E-state index >= 15 is 0 Å². The van der Waals surface area contributed by atoms with Crippen molar-refractivity contribution < 1.29 is 14.2 Å². The molecule has 100 valence electrons. The Balaban J connectivity index is 2.09. The van der Waals surface area contributed by atoms with Crippen LogP contribution in [-0.2, 0) is 11.2 Å². The van der Waals surface area contributed by atoms with Gasteiger partial charge in [-0.15, -0.1) is 0 Å². The molecule has 1 aromatic rings. The number of ether oxygens (including phenoxy) is 1. The normalized spacial score (nSPS) is 28.3. The van der Waals surface area contributed by atoms with Gasteiger partial charge in [0.05, 0.1) is 16.7 Å². The van der Waals surface area contributed by atoms with Crippen LogP contribution in [0.5, 0.6) is 0 Å². The monoisotopic (exact) mass is 272 g/mol. The molecule has 2 rings (SSSR count). The van der Waals surface area contributed by atoms with E-state index in [0.29, 0.717) is 25.9 Å². The van der Waals surface area contributed by atoms with Gasteiger partial charge in [0.2, 0.25) is 0 Å². The molecule has 0 aromatic heterocycles. The Hall–Kier alpha value is -0.640. The molecule has 18 heavy (non-hydrogen) atoms. The summed E-state index contributed by atoms with van der Waals surface area (Å²) in [5.74, 6) is -0.433. The predicted molar refractivity (Wildman–Crippen MR) is 69.3 cm³/mol. The summed E-state index contributed by atoms with van der Waals surface area (Å²) in [7, 11) is 0.